The van der Waals surface area contributed by atoms with Gasteiger partial charge < -0.3 is 4.90 Å². The summed E-state index contributed by atoms with van der Waals surface area (Å²) >= 11 is 9.86. The number of hydrogen-bond donors (Lipinski definition) is 0. The molecule has 5 heteroatoms. The van der Waals surface area contributed by atoms with Crippen molar-refractivity contribution < 1.29 is 4.79 Å². The van der Waals surface area contributed by atoms with Crippen molar-refractivity contribution in [2.75, 3.05) is 25.1 Å². The van der Waals surface area contributed by atoms with Crippen molar-refractivity contribution in [2.24, 2.45) is 0 Å². The Balaban J connectivity index is 1.74. The summed E-state index contributed by atoms with van der Waals surface area (Å²) in [5.74, 6) is 1.07. The Morgan fingerprint density at radius 1 is 1.17 bits per heavy atom. The van der Waals surface area contributed by atoms with E-state index in [4.69, 9.17) is 11.6 Å². The van der Waals surface area contributed by atoms with Crippen molar-refractivity contribution in [3.63, 3.8) is 0 Å². The van der Waals surface area contributed by atoms with Crippen LogP contribution < -0.4 is 0 Å². The standard InChI is InChI=1S/C19H20ClNOS2/c1-23-17-9-5-3-7-15(17)19(22)21-11-10-18(24-13-12-21)14-6-2-4-8-16(14)20/h2-9,18H,10-13H2,1H3/t18-/m0/s1. The van der Waals surface area contributed by atoms with E-state index in [0.717, 1.165) is 40.7 Å². The highest BCUT2D eigenvalue weighted by molar-refractivity contribution is 7.99. The van der Waals surface area contributed by atoms with Gasteiger partial charge in [0.05, 0.1) is 5.56 Å². The highest BCUT2D eigenvalue weighted by atomic mass is 35.5. The average Bonchev–Trinajstić information content (AvgIpc) is 2.87. The van der Waals surface area contributed by atoms with Crippen molar-refractivity contribution in [2.45, 2.75) is 16.6 Å². The zero-order chi connectivity index (χ0) is 16.9. The maximum absolute atomic E-state index is 12.9. The first-order chi connectivity index (χ1) is 11.7. The van der Waals surface area contributed by atoms with Crippen LogP contribution >= 0.6 is 35.1 Å². The number of nitrogens with zero attached hydrogens (tertiary/aromatic N) is 1. The molecule has 2 aromatic rings. The second-order valence-corrected chi connectivity index (χ2v) is 8.23. The summed E-state index contributed by atoms with van der Waals surface area (Å²) in [5.41, 5.74) is 1.99. The van der Waals surface area contributed by atoms with Gasteiger partial charge in [-0.05, 0) is 36.4 Å². The number of thioether (sulfide) groups is 2. The number of benzene rings is 2. The van der Waals surface area contributed by atoms with Crippen LogP contribution in [0.1, 0.15) is 27.6 Å². The molecule has 1 fully saturated rings. The minimum atomic E-state index is 0.139. The largest absolute Gasteiger partial charge is 0.338 e. The summed E-state index contributed by atoms with van der Waals surface area (Å²) in [6.07, 6.45) is 2.94. The van der Waals surface area contributed by atoms with E-state index in [1.165, 1.54) is 5.56 Å². The Morgan fingerprint density at radius 2 is 1.92 bits per heavy atom. The average molecular weight is 378 g/mol. The molecule has 3 rings (SSSR count). The quantitative estimate of drug-likeness (QED) is 0.669. The molecule has 0 unspecified atom stereocenters. The molecule has 0 aliphatic carbocycles. The molecule has 2 nitrogen and oxygen atoms in total. The zero-order valence-corrected chi connectivity index (χ0v) is 16.0. The minimum absolute atomic E-state index is 0.139. The first kappa shape index (κ1) is 17.7. The fraction of sp³-hybridized carbons (Fsp3) is 0.316. The molecule has 1 aliphatic rings. The molecule has 1 aliphatic heterocycles. The van der Waals surface area contributed by atoms with Crippen LogP contribution in [0.15, 0.2) is 53.4 Å². The molecule has 126 valence electrons. The van der Waals surface area contributed by atoms with Gasteiger partial charge in [0, 0.05) is 34.0 Å². The third kappa shape index (κ3) is 3.93. The third-order valence-corrected chi connectivity index (χ3v) is 6.67. The molecule has 0 spiro atoms. The van der Waals surface area contributed by atoms with Crippen molar-refractivity contribution in [1.82, 2.24) is 4.90 Å². The molecular weight excluding hydrogens is 358 g/mol. The van der Waals surface area contributed by atoms with Crippen molar-refractivity contribution >= 4 is 41.0 Å². The van der Waals surface area contributed by atoms with Gasteiger partial charge in [-0.3, -0.25) is 4.79 Å². The van der Waals surface area contributed by atoms with Crippen LogP contribution in [0.25, 0.3) is 0 Å². The number of halogens is 1. The van der Waals surface area contributed by atoms with E-state index in [2.05, 4.69) is 6.07 Å². The summed E-state index contributed by atoms with van der Waals surface area (Å²) in [5, 5.41) is 1.18. The summed E-state index contributed by atoms with van der Waals surface area (Å²) in [6, 6.07) is 15.9. The second-order valence-electron chi connectivity index (χ2n) is 5.66. The number of carbonyl (C=O) groups is 1. The molecular formula is C19H20ClNOS2. The van der Waals surface area contributed by atoms with Crippen LogP contribution in [0.3, 0.4) is 0 Å². The van der Waals surface area contributed by atoms with E-state index in [0.29, 0.717) is 5.25 Å². The number of rotatable bonds is 3. The van der Waals surface area contributed by atoms with Crippen molar-refractivity contribution in [3.05, 3.63) is 64.7 Å². The summed E-state index contributed by atoms with van der Waals surface area (Å²) in [7, 11) is 0. The summed E-state index contributed by atoms with van der Waals surface area (Å²) in [6.45, 7) is 1.55. The Kier molecular flexibility index (Phi) is 6.14. The highest BCUT2D eigenvalue weighted by Crippen LogP contribution is 2.38. The van der Waals surface area contributed by atoms with Gasteiger partial charge in [0.2, 0.25) is 0 Å². The van der Waals surface area contributed by atoms with E-state index in [-0.39, 0.29) is 5.91 Å². The maximum atomic E-state index is 12.9. The van der Waals surface area contributed by atoms with Gasteiger partial charge >= 0.3 is 0 Å². The maximum Gasteiger partial charge on any atom is 0.255 e. The lowest BCUT2D eigenvalue weighted by molar-refractivity contribution is 0.0763. The Morgan fingerprint density at radius 3 is 2.71 bits per heavy atom. The highest BCUT2D eigenvalue weighted by Gasteiger charge is 2.24. The molecule has 1 amide bonds. The predicted octanol–water partition coefficient (Wildman–Crippen LogP) is 5.38. The molecule has 1 heterocycles. The normalized spacial score (nSPS) is 18.2. The lowest BCUT2D eigenvalue weighted by Crippen LogP contribution is -2.33. The van der Waals surface area contributed by atoms with Gasteiger partial charge in [0.15, 0.2) is 0 Å². The Labute approximate surface area is 157 Å². The van der Waals surface area contributed by atoms with E-state index >= 15 is 0 Å². The lowest BCUT2D eigenvalue weighted by atomic mass is 10.1. The second kappa shape index (κ2) is 8.32. The van der Waals surface area contributed by atoms with Crippen molar-refractivity contribution in [3.8, 4) is 0 Å². The van der Waals surface area contributed by atoms with Gasteiger partial charge in [-0.15, -0.1) is 11.8 Å². The number of carbonyl (C=O) groups excluding carboxylic acids is 1. The van der Waals surface area contributed by atoms with Crippen LogP contribution in [-0.2, 0) is 0 Å². The van der Waals surface area contributed by atoms with Crippen LogP contribution in [0, 0.1) is 0 Å². The molecule has 0 N–H and O–H groups in total. The molecule has 0 radical (unpaired) electrons. The zero-order valence-electron chi connectivity index (χ0n) is 13.6. The van der Waals surface area contributed by atoms with Gasteiger partial charge in [-0.1, -0.05) is 41.9 Å². The minimum Gasteiger partial charge on any atom is -0.338 e. The number of hydrogen-bond acceptors (Lipinski definition) is 3. The molecule has 1 atom stereocenters. The van der Waals surface area contributed by atoms with E-state index in [9.17, 15) is 4.79 Å². The molecule has 0 bridgehead atoms. The summed E-state index contributed by atoms with van der Waals surface area (Å²) in [4.78, 5) is 15.9. The topological polar surface area (TPSA) is 20.3 Å². The van der Waals surface area contributed by atoms with Crippen LogP contribution in [-0.4, -0.2) is 35.9 Å². The fourth-order valence-electron chi connectivity index (χ4n) is 2.95. The predicted molar refractivity (Wildman–Crippen MR) is 105 cm³/mol. The van der Waals surface area contributed by atoms with Gasteiger partial charge in [0.1, 0.15) is 0 Å². The van der Waals surface area contributed by atoms with E-state index in [1.807, 2.05) is 65.4 Å². The van der Waals surface area contributed by atoms with Gasteiger partial charge in [-0.2, -0.15) is 11.8 Å². The monoisotopic (exact) mass is 377 g/mol. The van der Waals surface area contributed by atoms with Crippen LogP contribution in [0.5, 0.6) is 0 Å². The van der Waals surface area contributed by atoms with Crippen LogP contribution in [0.2, 0.25) is 5.02 Å². The van der Waals surface area contributed by atoms with Crippen LogP contribution in [0.4, 0.5) is 0 Å². The first-order valence-corrected chi connectivity index (χ1v) is 10.6. The van der Waals surface area contributed by atoms with Gasteiger partial charge in [-0.25, -0.2) is 0 Å². The van der Waals surface area contributed by atoms with E-state index in [1.54, 1.807) is 11.8 Å². The molecule has 24 heavy (non-hydrogen) atoms. The molecule has 0 aromatic heterocycles. The lowest BCUT2D eigenvalue weighted by Gasteiger charge is -2.21. The molecule has 2 aromatic carbocycles. The number of amides is 1. The molecule has 0 saturated carbocycles. The SMILES string of the molecule is CSc1ccccc1C(=O)N1CCS[C@H](c2ccccc2Cl)CC1. The fourth-order valence-corrected chi connectivity index (χ4v) is 5.14. The van der Waals surface area contributed by atoms with Gasteiger partial charge in [0.25, 0.3) is 5.91 Å². The third-order valence-electron chi connectivity index (χ3n) is 4.22. The van der Waals surface area contributed by atoms with E-state index < -0.39 is 0 Å². The summed E-state index contributed by atoms with van der Waals surface area (Å²) < 4.78 is 0. The Bertz CT molecular complexity index is 722. The smallest absolute Gasteiger partial charge is 0.255 e. The first-order valence-electron chi connectivity index (χ1n) is 7.99. The van der Waals surface area contributed by atoms with Crippen molar-refractivity contribution in [1.29, 1.82) is 0 Å². The Hall–Kier alpha value is -1.10. The molecule has 1 saturated heterocycles.